The van der Waals surface area contributed by atoms with Gasteiger partial charge in [-0.15, -0.1) is 0 Å². The van der Waals surface area contributed by atoms with E-state index in [9.17, 15) is 18.0 Å². The highest BCUT2D eigenvalue weighted by Gasteiger charge is 2.20. The number of benzene rings is 1. The molecule has 2 N–H and O–H groups in total. The first-order chi connectivity index (χ1) is 13.7. The van der Waals surface area contributed by atoms with Crippen LogP contribution < -0.4 is 4.72 Å². The summed E-state index contributed by atoms with van der Waals surface area (Å²) in [4.78, 5) is 31.5. The van der Waals surface area contributed by atoms with Crippen LogP contribution in [0.2, 0.25) is 0 Å². The minimum atomic E-state index is -3.82. The van der Waals surface area contributed by atoms with Gasteiger partial charge in [0.15, 0.2) is 11.6 Å². The maximum Gasteiger partial charge on any atom is 0.307 e. The van der Waals surface area contributed by atoms with Gasteiger partial charge in [-0.25, -0.2) is 18.1 Å². The third kappa shape index (κ3) is 4.54. The first-order valence-electron chi connectivity index (χ1n) is 8.95. The number of esters is 1. The zero-order chi connectivity index (χ0) is 21.2. The van der Waals surface area contributed by atoms with Crippen LogP contribution in [0.5, 0.6) is 0 Å². The maximum atomic E-state index is 12.5. The Bertz CT molecular complexity index is 1160. The zero-order valence-corrected chi connectivity index (χ0v) is 17.2. The number of carbonyl (C=O) groups is 2. The molecule has 2 aromatic heterocycles. The topological polar surface area (TPSA) is 123 Å². The van der Waals surface area contributed by atoms with Crippen LogP contribution in [0.4, 0.5) is 0 Å². The Morgan fingerprint density at radius 3 is 2.66 bits per heavy atom. The lowest BCUT2D eigenvalue weighted by Gasteiger charge is -2.06. The molecule has 10 heteroatoms. The van der Waals surface area contributed by atoms with Crippen molar-refractivity contribution in [1.29, 1.82) is 0 Å². The highest BCUT2D eigenvalue weighted by atomic mass is 32.2. The quantitative estimate of drug-likeness (QED) is 0.423. The van der Waals surface area contributed by atoms with Crippen molar-refractivity contribution >= 4 is 32.7 Å². The van der Waals surface area contributed by atoms with Crippen LogP contribution in [0.1, 0.15) is 28.3 Å². The van der Waals surface area contributed by atoms with E-state index in [1.54, 1.807) is 25.5 Å². The molecule has 0 saturated heterocycles. The lowest BCUT2D eigenvalue weighted by molar-refractivity contribution is -0.142. The predicted octanol–water partition coefficient (Wildman–Crippen LogP) is 1.61. The highest BCUT2D eigenvalue weighted by Crippen LogP contribution is 2.22. The summed E-state index contributed by atoms with van der Waals surface area (Å²) in [5.41, 5.74) is 2.02. The van der Waals surface area contributed by atoms with Crippen molar-refractivity contribution < 1.29 is 22.7 Å². The number of aromatic nitrogens is 3. The second kappa shape index (κ2) is 8.18. The van der Waals surface area contributed by atoms with E-state index in [1.807, 2.05) is 24.3 Å². The molecule has 1 aromatic carbocycles. The largest absolute Gasteiger partial charge is 0.457 e. The Morgan fingerprint density at radius 1 is 1.24 bits per heavy atom. The molecule has 0 atom stereocenters. The molecular formula is C19H22N4O5S. The van der Waals surface area contributed by atoms with Gasteiger partial charge in [0.1, 0.15) is 5.82 Å². The van der Waals surface area contributed by atoms with Crippen molar-refractivity contribution in [3.8, 4) is 0 Å². The Balaban J connectivity index is 1.52. The van der Waals surface area contributed by atoms with E-state index < -0.39 is 22.6 Å². The summed E-state index contributed by atoms with van der Waals surface area (Å²) in [7, 11) is -2.13. The van der Waals surface area contributed by atoms with E-state index in [0.717, 1.165) is 10.9 Å². The van der Waals surface area contributed by atoms with Crippen LogP contribution in [0.25, 0.3) is 10.9 Å². The van der Waals surface area contributed by atoms with Gasteiger partial charge >= 0.3 is 5.97 Å². The van der Waals surface area contributed by atoms with Gasteiger partial charge in [0.25, 0.3) is 10.0 Å². The molecule has 3 rings (SSSR count). The molecule has 0 bridgehead atoms. The minimum absolute atomic E-state index is 0.115. The Kier molecular flexibility index (Phi) is 5.85. The number of ketones is 1. The molecule has 3 aromatic rings. The summed E-state index contributed by atoms with van der Waals surface area (Å²) in [5, 5.41) is 0.653. The average molecular weight is 418 g/mol. The summed E-state index contributed by atoms with van der Waals surface area (Å²) in [6.45, 7) is 2.90. The smallest absolute Gasteiger partial charge is 0.307 e. The number of carbonyl (C=O) groups excluding carboxylic acids is 2. The number of aryl methyl sites for hydroxylation is 3. The van der Waals surface area contributed by atoms with E-state index in [1.165, 1.54) is 6.20 Å². The molecule has 0 saturated carbocycles. The van der Waals surface area contributed by atoms with Crippen LogP contribution >= 0.6 is 0 Å². The number of para-hydroxylation sites is 1. The third-order valence-corrected chi connectivity index (χ3v) is 5.85. The molecule has 0 radical (unpaired) electrons. The fourth-order valence-corrected chi connectivity index (χ4v) is 4.01. The summed E-state index contributed by atoms with van der Waals surface area (Å²) in [6.07, 6.45) is 1.18. The molecule has 0 fully saturated rings. The van der Waals surface area contributed by atoms with Crippen molar-refractivity contribution in [3.63, 3.8) is 0 Å². The van der Waals surface area contributed by atoms with Crippen LogP contribution in [0.15, 0.2) is 35.5 Å². The molecule has 29 heavy (non-hydrogen) atoms. The predicted molar refractivity (Wildman–Crippen MR) is 106 cm³/mol. The van der Waals surface area contributed by atoms with Crippen LogP contribution in [0, 0.1) is 13.8 Å². The number of hydrogen-bond acceptors (Lipinski definition) is 6. The van der Waals surface area contributed by atoms with Crippen LogP contribution in [-0.4, -0.2) is 47.9 Å². The third-order valence-electron chi connectivity index (χ3n) is 4.52. The lowest BCUT2D eigenvalue weighted by Crippen LogP contribution is -2.27. The molecule has 9 nitrogen and oxygen atoms in total. The van der Waals surface area contributed by atoms with Crippen molar-refractivity contribution in [1.82, 2.24) is 19.3 Å². The molecule has 2 heterocycles. The number of rotatable bonds is 8. The molecule has 0 amide bonds. The van der Waals surface area contributed by atoms with Crippen LogP contribution in [-0.2, 0) is 26.6 Å². The number of sulfonamides is 1. The minimum Gasteiger partial charge on any atom is -0.457 e. The maximum absolute atomic E-state index is 12.5. The number of nitrogens with zero attached hydrogens (tertiary/aromatic N) is 2. The fraction of sp³-hybridized carbons (Fsp3) is 0.316. The van der Waals surface area contributed by atoms with Crippen LogP contribution in [0.3, 0.4) is 0 Å². The molecule has 0 aliphatic carbocycles. The van der Waals surface area contributed by atoms with Crippen molar-refractivity contribution in [2.24, 2.45) is 7.05 Å². The van der Waals surface area contributed by atoms with Gasteiger partial charge in [-0.2, -0.15) is 0 Å². The second-order valence-corrected chi connectivity index (χ2v) is 8.35. The molecule has 154 valence electrons. The monoisotopic (exact) mass is 418 g/mol. The number of hydrogen-bond donors (Lipinski definition) is 2. The number of Topliss-reactive ketones (excluding diaryl/α,β-unsaturated/α-hetero) is 1. The standard InChI is InChI=1S/C19H22N4O5S/c1-12-19(14-6-4-5-7-15(14)21-12)16(24)11-28-18(25)8-9-20-29(26,27)17-10-23(3)13(2)22-17/h4-7,10,20-21H,8-9,11H2,1-3H3. The van der Waals surface area contributed by atoms with E-state index in [0.29, 0.717) is 17.1 Å². The second-order valence-electron chi connectivity index (χ2n) is 6.64. The number of H-pyrrole nitrogens is 1. The first-order valence-corrected chi connectivity index (χ1v) is 10.4. The van der Waals surface area contributed by atoms with E-state index in [2.05, 4.69) is 14.7 Å². The van der Waals surface area contributed by atoms with Gasteiger partial charge in [-0.1, -0.05) is 18.2 Å². The molecular weight excluding hydrogens is 396 g/mol. The van der Waals surface area contributed by atoms with Crippen molar-refractivity contribution in [2.45, 2.75) is 25.3 Å². The number of aromatic amines is 1. The van der Waals surface area contributed by atoms with E-state index in [4.69, 9.17) is 4.74 Å². The van der Waals surface area contributed by atoms with Gasteiger partial charge < -0.3 is 14.3 Å². The SMILES string of the molecule is Cc1[nH]c2ccccc2c1C(=O)COC(=O)CCNS(=O)(=O)c1cn(C)c(C)n1. The molecule has 0 aliphatic rings. The summed E-state index contributed by atoms with van der Waals surface area (Å²) >= 11 is 0. The lowest BCUT2D eigenvalue weighted by atomic mass is 10.1. The average Bonchev–Trinajstić information content (AvgIpc) is 3.18. The summed E-state index contributed by atoms with van der Waals surface area (Å²) in [6, 6.07) is 7.37. The number of nitrogens with one attached hydrogen (secondary N) is 2. The van der Waals surface area contributed by atoms with Gasteiger partial charge in [-0.05, 0) is 19.9 Å². The van der Waals surface area contributed by atoms with Crippen molar-refractivity contribution in [2.75, 3.05) is 13.2 Å². The van der Waals surface area contributed by atoms with Gasteiger partial charge in [0.05, 0.1) is 6.42 Å². The summed E-state index contributed by atoms with van der Waals surface area (Å²) < 4.78 is 33.2. The van der Waals surface area contributed by atoms with E-state index in [-0.39, 0.29) is 23.8 Å². The number of ether oxygens (including phenoxy) is 1. The van der Waals surface area contributed by atoms with Gasteiger partial charge in [0.2, 0.25) is 5.78 Å². The van der Waals surface area contributed by atoms with Crippen molar-refractivity contribution in [3.05, 3.63) is 47.5 Å². The normalized spacial score (nSPS) is 11.7. The highest BCUT2D eigenvalue weighted by molar-refractivity contribution is 7.89. The first kappa shape index (κ1) is 20.7. The number of fused-ring (bicyclic) bond motifs is 1. The Labute approximate surface area is 168 Å². The fourth-order valence-electron chi connectivity index (χ4n) is 2.94. The molecule has 0 aliphatic heterocycles. The summed E-state index contributed by atoms with van der Waals surface area (Å²) in [5.74, 6) is -0.440. The molecule has 0 unspecified atom stereocenters. The van der Waals surface area contributed by atoms with Gasteiger partial charge in [-0.3, -0.25) is 9.59 Å². The Morgan fingerprint density at radius 2 is 1.97 bits per heavy atom. The molecule has 0 spiro atoms. The van der Waals surface area contributed by atoms with E-state index >= 15 is 0 Å². The zero-order valence-electron chi connectivity index (χ0n) is 16.4. The number of imidazole rings is 1. The Hall–Kier alpha value is -2.98. The van der Waals surface area contributed by atoms with Gasteiger partial charge in [0, 0.05) is 41.9 Å².